The molecular formula is C19H31N7. The monoisotopic (exact) mass is 357 g/mol. The SMILES string of the molecule is CN=C(NCCN(C(C)C)C(C)C)NCc1ccnc(-n2ccnc2)c1. The Hall–Kier alpha value is -2.41. The van der Waals surface area contributed by atoms with Gasteiger partial charge in [-0.2, -0.15) is 0 Å². The molecule has 0 aliphatic heterocycles. The number of guanidine groups is 1. The molecule has 0 aliphatic rings. The summed E-state index contributed by atoms with van der Waals surface area (Å²) in [6.07, 6.45) is 7.19. The average Bonchev–Trinajstić information content (AvgIpc) is 3.15. The van der Waals surface area contributed by atoms with Gasteiger partial charge in [0.05, 0.1) is 0 Å². The Morgan fingerprint density at radius 2 is 1.96 bits per heavy atom. The topological polar surface area (TPSA) is 70.4 Å². The molecule has 2 aromatic rings. The van der Waals surface area contributed by atoms with Crippen LogP contribution in [0.5, 0.6) is 0 Å². The van der Waals surface area contributed by atoms with E-state index in [-0.39, 0.29) is 0 Å². The maximum absolute atomic E-state index is 4.37. The standard InChI is InChI=1S/C19H31N7/c1-15(2)26(16(3)4)11-9-23-19(20-5)24-13-17-6-7-22-18(12-17)25-10-8-21-14-25/h6-8,10,12,14-16H,9,11,13H2,1-5H3,(H2,20,23,24). The van der Waals surface area contributed by atoms with Gasteiger partial charge in [-0.25, -0.2) is 9.97 Å². The number of hydrogen-bond acceptors (Lipinski definition) is 4. The van der Waals surface area contributed by atoms with Gasteiger partial charge >= 0.3 is 0 Å². The number of pyridine rings is 1. The Morgan fingerprint density at radius 1 is 1.19 bits per heavy atom. The summed E-state index contributed by atoms with van der Waals surface area (Å²) in [5.74, 6) is 1.66. The second kappa shape index (κ2) is 9.91. The Kier molecular flexibility index (Phi) is 7.59. The van der Waals surface area contributed by atoms with Crippen LogP contribution in [0.4, 0.5) is 0 Å². The first-order valence-corrected chi connectivity index (χ1v) is 9.14. The Morgan fingerprint density at radius 3 is 2.58 bits per heavy atom. The highest BCUT2D eigenvalue weighted by Gasteiger charge is 2.12. The van der Waals surface area contributed by atoms with Crippen molar-refractivity contribution in [3.05, 3.63) is 42.6 Å². The summed E-state index contributed by atoms with van der Waals surface area (Å²) in [7, 11) is 1.79. The van der Waals surface area contributed by atoms with Crippen molar-refractivity contribution in [2.45, 2.75) is 46.3 Å². The van der Waals surface area contributed by atoms with E-state index in [1.807, 2.05) is 29.1 Å². The Balaban J connectivity index is 1.85. The molecule has 2 rings (SSSR count). The lowest BCUT2D eigenvalue weighted by Gasteiger charge is -2.30. The van der Waals surface area contributed by atoms with Gasteiger partial charge in [0.2, 0.25) is 0 Å². The molecule has 26 heavy (non-hydrogen) atoms. The van der Waals surface area contributed by atoms with Crippen molar-refractivity contribution in [3.63, 3.8) is 0 Å². The first-order chi connectivity index (χ1) is 12.5. The van der Waals surface area contributed by atoms with Crippen LogP contribution in [0.2, 0.25) is 0 Å². The quantitative estimate of drug-likeness (QED) is 0.559. The zero-order chi connectivity index (χ0) is 18.9. The zero-order valence-corrected chi connectivity index (χ0v) is 16.5. The number of rotatable bonds is 8. The molecule has 7 nitrogen and oxygen atoms in total. The minimum atomic E-state index is 0.533. The molecule has 7 heteroatoms. The van der Waals surface area contributed by atoms with Gasteiger partial charge in [0.25, 0.3) is 0 Å². The highest BCUT2D eigenvalue weighted by Crippen LogP contribution is 2.07. The summed E-state index contributed by atoms with van der Waals surface area (Å²) in [4.78, 5) is 15.2. The lowest BCUT2D eigenvalue weighted by molar-refractivity contribution is 0.178. The predicted octanol–water partition coefficient (Wildman–Crippen LogP) is 2.05. The van der Waals surface area contributed by atoms with Gasteiger partial charge in [-0.05, 0) is 45.4 Å². The van der Waals surface area contributed by atoms with Crippen molar-refractivity contribution in [1.82, 2.24) is 30.1 Å². The lowest BCUT2D eigenvalue weighted by Crippen LogP contribution is -2.45. The molecule has 2 heterocycles. The van der Waals surface area contributed by atoms with E-state index in [1.54, 1.807) is 19.6 Å². The van der Waals surface area contributed by atoms with Gasteiger partial charge < -0.3 is 10.6 Å². The van der Waals surface area contributed by atoms with Crippen LogP contribution < -0.4 is 10.6 Å². The fourth-order valence-corrected chi connectivity index (χ4v) is 2.93. The number of aliphatic imine (C=N–C) groups is 1. The molecule has 0 radical (unpaired) electrons. The van der Waals surface area contributed by atoms with Gasteiger partial charge in [-0.1, -0.05) is 0 Å². The molecular weight excluding hydrogens is 326 g/mol. The fourth-order valence-electron chi connectivity index (χ4n) is 2.93. The Bertz CT molecular complexity index is 669. The van der Waals surface area contributed by atoms with Gasteiger partial charge in [0, 0.05) is 57.4 Å². The summed E-state index contributed by atoms with van der Waals surface area (Å²) in [6, 6.07) is 5.11. The minimum Gasteiger partial charge on any atom is -0.355 e. The van der Waals surface area contributed by atoms with Crippen LogP contribution in [0, 0.1) is 0 Å². The summed E-state index contributed by atoms with van der Waals surface area (Å²) >= 11 is 0. The molecule has 0 bridgehead atoms. The smallest absolute Gasteiger partial charge is 0.191 e. The van der Waals surface area contributed by atoms with E-state index < -0.39 is 0 Å². The van der Waals surface area contributed by atoms with Gasteiger partial charge in [-0.15, -0.1) is 0 Å². The van der Waals surface area contributed by atoms with Gasteiger partial charge in [0.15, 0.2) is 5.96 Å². The third kappa shape index (κ3) is 5.84. The van der Waals surface area contributed by atoms with Crippen LogP contribution in [0.15, 0.2) is 42.0 Å². The van der Waals surface area contributed by atoms with Crippen LogP contribution in [0.25, 0.3) is 5.82 Å². The number of aromatic nitrogens is 3. The molecule has 0 fully saturated rings. The molecule has 0 aliphatic carbocycles. The summed E-state index contributed by atoms with van der Waals surface area (Å²) in [5.41, 5.74) is 1.14. The van der Waals surface area contributed by atoms with Gasteiger partial charge in [-0.3, -0.25) is 14.5 Å². The number of hydrogen-bond donors (Lipinski definition) is 2. The second-order valence-corrected chi connectivity index (χ2v) is 6.77. The molecule has 142 valence electrons. The molecule has 2 N–H and O–H groups in total. The van der Waals surface area contributed by atoms with Crippen LogP contribution >= 0.6 is 0 Å². The molecule has 0 atom stereocenters. The molecule has 0 saturated carbocycles. The van der Waals surface area contributed by atoms with E-state index in [0.717, 1.165) is 30.4 Å². The number of imidazole rings is 1. The lowest BCUT2D eigenvalue weighted by atomic mass is 10.2. The summed E-state index contributed by atoms with van der Waals surface area (Å²) in [6.45, 7) is 11.4. The van der Waals surface area contributed by atoms with Crippen LogP contribution in [-0.4, -0.2) is 57.6 Å². The largest absolute Gasteiger partial charge is 0.355 e. The summed E-state index contributed by atoms with van der Waals surface area (Å²) in [5, 5.41) is 6.75. The van der Waals surface area contributed by atoms with Crippen molar-refractivity contribution in [2.24, 2.45) is 4.99 Å². The molecule has 0 amide bonds. The molecule has 2 aromatic heterocycles. The highest BCUT2D eigenvalue weighted by molar-refractivity contribution is 5.79. The summed E-state index contributed by atoms with van der Waals surface area (Å²) < 4.78 is 1.89. The molecule has 0 saturated heterocycles. The fraction of sp³-hybridized carbons (Fsp3) is 0.526. The highest BCUT2D eigenvalue weighted by atomic mass is 15.2. The maximum atomic E-state index is 4.37. The van der Waals surface area contributed by atoms with Crippen molar-refractivity contribution < 1.29 is 0 Å². The third-order valence-corrected chi connectivity index (χ3v) is 4.25. The van der Waals surface area contributed by atoms with Crippen molar-refractivity contribution in [2.75, 3.05) is 20.1 Å². The van der Waals surface area contributed by atoms with E-state index in [4.69, 9.17) is 0 Å². The Labute approximate surface area is 156 Å². The molecule has 0 spiro atoms. The number of nitrogens with zero attached hydrogens (tertiary/aromatic N) is 5. The van der Waals surface area contributed by atoms with Crippen LogP contribution in [-0.2, 0) is 6.54 Å². The van der Waals surface area contributed by atoms with Crippen LogP contribution in [0.3, 0.4) is 0 Å². The minimum absolute atomic E-state index is 0.533. The van der Waals surface area contributed by atoms with Crippen LogP contribution in [0.1, 0.15) is 33.3 Å². The predicted molar refractivity (Wildman–Crippen MR) is 107 cm³/mol. The molecule has 0 unspecified atom stereocenters. The first-order valence-electron chi connectivity index (χ1n) is 9.14. The van der Waals surface area contributed by atoms with Gasteiger partial charge in [0.1, 0.15) is 12.1 Å². The number of nitrogens with one attached hydrogen (secondary N) is 2. The van der Waals surface area contributed by atoms with E-state index in [1.165, 1.54) is 0 Å². The van der Waals surface area contributed by atoms with E-state index in [0.29, 0.717) is 18.6 Å². The average molecular weight is 358 g/mol. The maximum Gasteiger partial charge on any atom is 0.191 e. The van der Waals surface area contributed by atoms with E-state index in [2.05, 4.69) is 58.2 Å². The normalized spacial score (nSPS) is 12.2. The van der Waals surface area contributed by atoms with Crippen molar-refractivity contribution in [3.8, 4) is 5.82 Å². The zero-order valence-electron chi connectivity index (χ0n) is 16.5. The second-order valence-electron chi connectivity index (χ2n) is 6.77. The molecule has 0 aromatic carbocycles. The van der Waals surface area contributed by atoms with E-state index >= 15 is 0 Å². The van der Waals surface area contributed by atoms with Crippen molar-refractivity contribution in [1.29, 1.82) is 0 Å². The van der Waals surface area contributed by atoms with Crippen molar-refractivity contribution >= 4 is 5.96 Å². The first kappa shape index (κ1) is 19.9. The van der Waals surface area contributed by atoms with E-state index in [9.17, 15) is 0 Å². The third-order valence-electron chi connectivity index (χ3n) is 4.25.